The van der Waals surface area contributed by atoms with E-state index in [1.807, 2.05) is 0 Å². The number of hydrogen-bond acceptors (Lipinski definition) is 4. The van der Waals surface area contributed by atoms with Crippen LogP contribution < -0.4 is 15.2 Å². The van der Waals surface area contributed by atoms with Crippen molar-refractivity contribution in [2.24, 2.45) is 5.73 Å². The van der Waals surface area contributed by atoms with Crippen molar-refractivity contribution in [1.82, 2.24) is 4.90 Å². The zero-order valence-corrected chi connectivity index (χ0v) is 14.9. The lowest BCUT2D eigenvalue weighted by Gasteiger charge is -2.15. The van der Waals surface area contributed by atoms with Gasteiger partial charge in [-0.1, -0.05) is 24.3 Å². The molecule has 0 saturated heterocycles. The summed E-state index contributed by atoms with van der Waals surface area (Å²) in [7, 11) is 1.64. The molecule has 0 unspecified atom stereocenters. The van der Waals surface area contributed by atoms with E-state index in [1.54, 1.807) is 49.5 Å². The topological polar surface area (TPSA) is 81.9 Å². The van der Waals surface area contributed by atoms with Crippen LogP contribution in [0.25, 0.3) is 6.08 Å². The van der Waals surface area contributed by atoms with Crippen LogP contribution in [-0.4, -0.2) is 43.5 Å². The molecule has 0 saturated carbocycles. The number of benzene rings is 2. The van der Waals surface area contributed by atoms with Crippen LogP contribution in [0.2, 0.25) is 0 Å². The SMILES string of the molecule is CN(CCOc1ccccc1F)C(=O)/C=C/c1ccc(OCC(N)=O)cc1. The molecule has 0 bridgehead atoms. The minimum Gasteiger partial charge on any atom is -0.489 e. The highest BCUT2D eigenvalue weighted by Gasteiger charge is 2.06. The van der Waals surface area contributed by atoms with Crippen LogP contribution in [0.1, 0.15) is 5.56 Å². The Morgan fingerprint density at radius 1 is 1.11 bits per heavy atom. The van der Waals surface area contributed by atoms with Crippen molar-refractivity contribution < 1.29 is 23.5 Å². The molecule has 142 valence electrons. The van der Waals surface area contributed by atoms with Crippen molar-refractivity contribution in [3.8, 4) is 11.5 Å². The van der Waals surface area contributed by atoms with Gasteiger partial charge in [-0.25, -0.2) is 4.39 Å². The minimum absolute atomic E-state index is 0.160. The largest absolute Gasteiger partial charge is 0.489 e. The number of carbonyl (C=O) groups is 2. The maximum atomic E-state index is 13.4. The number of likely N-dealkylation sites (N-methyl/N-ethyl adjacent to an activating group) is 1. The standard InChI is InChI=1S/C20H21FN2O4/c1-23(12-13-26-18-5-3-2-4-17(18)21)20(25)11-8-15-6-9-16(10-7-15)27-14-19(22)24/h2-11H,12-14H2,1H3,(H2,22,24)/b11-8+. The van der Waals surface area contributed by atoms with Gasteiger partial charge in [0.25, 0.3) is 5.91 Å². The summed E-state index contributed by atoms with van der Waals surface area (Å²) in [5, 5.41) is 0. The maximum Gasteiger partial charge on any atom is 0.255 e. The van der Waals surface area contributed by atoms with Gasteiger partial charge in [-0.05, 0) is 35.9 Å². The molecule has 2 N–H and O–H groups in total. The molecule has 6 nitrogen and oxygen atoms in total. The van der Waals surface area contributed by atoms with E-state index in [4.69, 9.17) is 15.2 Å². The van der Waals surface area contributed by atoms with Crippen molar-refractivity contribution in [2.45, 2.75) is 0 Å². The van der Waals surface area contributed by atoms with Gasteiger partial charge in [0.05, 0.1) is 6.54 Å². The van der Waals surface area contributed by atoms with Gasteiger partial charge in [0.2, 0.25) is 5.91 Å². The molecule has 2 rings (SSSR count). The molecular formula is C20H21FN2O4. The van der Waals surface area contributed by atoms with Gasteiger partial charge in [-0.2, -0.15) is 0 Å². The zero-order chi connectivity index (χ0) is 19.6. The molecule has 2 aromatic rings. The van der Waals surface area contributed by atoms with E-state index >= 15 is 0 Å². The molecule has 27 heavy (non-hydrogen) atoms. The first kappa shape index (κ1) is 20.0. The molecule has 2 aromatic carbocycles. The Bertz CT molecular complexity index is 806. The van der Waals surface area contributed by atoms with Crippen molar-refractivity contribution >= 4 is 17.9 Å². The maximum absolute atomic E-state index is 13.4. The van der Waals surface area contributed by atoms with Crippen LogP contribution in [-0.2, 0) is 9.59 Å². The Balaban J connectivity index is 1.79. The first-order chi connectivity index (χ1) is 13.0. The van der Waals surface area contributed by atoms with Gasteiger partial charge in [-0.15, -0.1) is 0 Å². The Kier molecular flexibility index (Phi) is 7.37. The van der Waals surface area contributed by atoms with Crippen LogP contribution >= 0.6 is 0 Å². The number of hydrogen-bond donors (Lipinski definition) is 1. The first-order valence-electron chi connectivity index (χ1n) is 8.27. The third-order valence-corrected chi connectivity index (χ3v) is 3.58. The highest BCUT2D eigenvalue weighted by Crippen LogP contribution is 2.15. The lowest BCUT2D eigenvalue weighted by atomic mass is 10.2. The van der Waals surface area contributed by atoms with Gasteiger partial charge >= 0.3 is 0 Å². The van der Waals surface area contributed by atoms with Crippen molar-refractivity contribution in [1.29, 1.82) is 0 Å². The Hall–Kier alpha value is -3.35. The third kappa shape index (κ3) is 6.81. The average molecular weight is 372 g/mol. The molecule has 0 fully saturated rings. The summed E-state index contributed by atoms with van der Waals surface area (Å²) in [6.45, 7) is 0.313. The number of ether oxygens (including phenoxy) is 2. The number of primary amides is 1. The number of nitrogens with zero attached hydrogens (tertiary/aromatic N) is 1. The lowest BCUT2D eigenvalue weighted by molar-refractivity contribution is -0.125. The van der Waals surface area contributed by atoms with E-state index in [1.165, 1.54) is 23.1 Å². The first-order valence-corrected chi connectivity index (χ1v) is 8.27. The third-order valence-electron chi connectivity index (χ3n) is 3.58. The smallest absolute Gasteiger partial charge is 0.255 e. The van der Waals surface area contributed by atoms with Crippen LogP contribution in [0.5, 0.6) is 11.5 Å². The Morgan fingerprint density at radius 3 is 2.48 bits per heavy atom. The summed E-state index contributed by atoms with van der Waals surface area (Å²) in [4.78, 5) is 24.2. The summed E-state index contributed by atoms with van der Waals surface area (Å²) in [6.07, 6.45) is 3.09. The lowest BCUT2D eigenvalue weighted by Crippen LogP contribution is -2.29. The number of para-hydroxylation sites is 1. The van der Waals surface area contributed by atoms with Crippen LogP contribution in [0.3, 0.4) is 0 Å². The number of rotatable bonds is 9. The molecule has 2 amide bonds. The zero-order valence-electron chi connectivity index (χ0n) is 14.9. The van der Waals surface area contributed by atoms with E-state index < -0.39 is 11.7 Å². The van der Waals surface area contributed by atoms with Crippen molar-refractivity contribution in [3.05, 3.63) is 66.0 Å². The molecule has 0 heterocycles. The fraction of sp³-hybridized carbons (Fsp3) is 0.200. The van der Waals surface area contributed by atoms with Crippen LogP contribution in [0, 0.1) is 5.82 Å². The monoisotopic (exact) mass is 372 g/mol. The summed E-state index contributed by atoms with van der Waals surface area (Å²) in [5.41, 5.74) is 5.81. The molecule has 0 aliphatic carbocycles. The highest BCUT2D eigenvalue weighted by molar-refractivity contribution is 5.91. The second-order valence-corrected chi connectivity index (χ2v) is 5.70. The summed E-state index contributed by atoms with van der Waals surface area (Å²) in [5.74, 6) is -0.519. The Morgan fingerprint density at radius 2 is 1.81 bits per heavy atom. The normalized spacial score (nSPS) is 10.6. The average Bonchev–Trinajstić information content (AvgIpc) is 2.66. The van der Waals surface area contributed by atoms with Gasteiger partial charge in [0.15, 0.2) is 18.2 Å². The van der Waals surface area contributed by atoms with Gasteiger partial charge in [0, 0.05) is 13.1 Å². The van der Waals surface area contributed by atoms with Gasteiger partial charge in [0.1, 0.15) is 12.4 Å². The van der Waals surface area contributed by atoms with Crippen LogP contribution in [0.4, 0.5) is 4.39 Å². The summed E-state index contributed by atoms with van der Waals surface area (Å²) < 4.78 is 23.9. The Labute approximate surface area is 157 Å². The van der Waals surface area contributed by atoms with E-state index in [9.17, 15) is 14.0 Å². The predicted octanol–water partition coefficient (Wildman–Crippen LogP) is 2.24. The van der Waals surface area contributed by atoms with Gasteiger partial charge in [-0.3, -0.25) is 9.59 Å². The summed E-state index contributed by atoms with van der Waals surface area (Å²) in [6, 6.07) is 13.0. The highest BCUT2D eigenvalue weighted by atomic mass is 19.1. The molecule has 0 atom stereocenters. The molecule has 0 aliphatic rings. The van der Waals surface area contributed by atoms with E-state index in [-0.39, 0.29) is 24.9 Å². The molecular weight excluding hydrogens is 351 g/mol. The second-order valence-electron chi connectivity index (χ2n) is 5.70. The van der Waals surface area contributed by atoms with E-state index in [0.29, 0.717) is 12.3 Å². The number of carbonyl (C=O) groups excluding carboxylic acids is 2. The minimum atomic E-state index is -0.549. The number of amides is 2. The molecule has 0 aromatic heterocycles. The number of nitrogens with two attached hydrogens (primary N) is 1. The van der Waals surface area contributed by atoms with Crippen LogP contribution in [0.15, 0.2) is 54.6 Å². The molecule has 0 aliphatic heterocycles. The molecule has 7 heteroatoms. The fourth-order valence-electron chi connectivity index (χ4n) is 2.09. The van der Waals surface area contributed by atoms with Gasteiger partial charge < -0.3 is 20.1 Å². The van der Waals surface area contributed by atoms with E-state index in [2.05, 4.69) is 0 Å². The summed E-state index contributed by atoms with van der Waals surface area (Å²) >= 11 is 0. The van der Waals surface area contributed by atoms with Crippen molar-refractivity contribution in [3.63, 3.8) is 0 Å². The predicted molar refractivity (Wildman–Crippen MR) is 99.7 cm³/mol. The van der Waals surface area contributed by atoms with Crippen molar-refractivity contribution in [2.75, 3.05) is 26.8 Å². The molecule has 0 spiro atoms. The fourth-order valence-corrected chi connectivity index (χ4v) is 2.09. The van der Waals surface area contributed by atoms with E-state index in [0.717, 1.165) is 5.56 Å². The number of halogens is 1. The molecule has 0 radical (unpaired) electrons. The second kappa shape index (κ2) is 9.96. The quantitative estimate of drug-likeness (QED) is 0.685.